The van der Waals surface area contributed by atoms with Crippen molar-refractivity contribution in [1.29, 1.82) is 0 Å². The first-order chi connectivity index (χ1) is 24.4. The summed E-state index contributed by atoms with van der Waals surface area (Å²) >= 11 is 12.9. The van der Waals surface area contributed by atoms with Gasteiger partial charge < -0.3 is 18.6 Å². The summed E-state index contributed by atoms with van der Waals surface area (Å²) in [5, 5.41) is 0.511. The van der Waals surface area contributed by atoms with Gasteiger partial charge in [0.2, 0.25) is 10.0 Å². The number of aromatic nitrogens is 3. The van der Waals surface area contributed by atoms with Crippen LogP contribution in [0, 0.1) is 5.92 Å². The number of anilines is 1. The minimum Gasteiger partial charge on any atom is -0.489 e. The predicted octanol–water partition coefficient (Wildman–Crippen LogP) is 5.99. The molecular formula is C34H31Cl2F2N4O8S+. The lowest BCUT2D eigenvalue weighted by Crippen LogP contribution is -2.29. The monoisotopic (exact) mass is 763 g/mol. The molecule has 0 radical (unpaired) electrons. The van der Waals surface area contributed by atoms with E-state index in [0.29, 0.717) is 29.2 Å². The Labute approximate surface area is 300 Å². The van der Waals surface area contributed by atoms with E-state index in [1.54, 1.807) is 18.3 Å². The number of alkyl halides is 2. The van der Waals surface area contributed by atoms with Crippen molar-refractivity contribution in [2.24, 2.45) is 5.92 Å². The van der Waals surface area contributed by atoms with Crippen molar-refractivity contribution in [2.75, 3.05) is 17.2 Å². The zero-order valence-corrected chi connectivity index (χ0v) is 29.3. The van der Waals surface area contributed by atoms with Crippen LogP contribution in [0.15, 0.2) is 82.5 Å². The fourth-order valence-electron chi connectivity index (χ4n) is 5.35. The van der Waals surface area contributed by atoms with E-state index < -0.39 is 41.0 Å². The molecule has 1 atom stereocenters. The number of ether oxygens (including phenoxy) is 3. The van der Waals surface area contributed by atoms with Crippen molar-refractivity contribution in [2.45, 2.75) is 45.1 Å². The molecule has 6 rings (SSSR count). The third-order valence-corrected chi connectivity index (χ3v) is 9.88. The highest BCUT2D eigenvalue weighted by Gasteiger charge is 2.27. The molecule has 0 saturated heterocycles. The second-order valence-electron chi connectivity index (χ2n) is 11.9. The fraction of sp³-hybridized carbons (Fsp3) is 0.294. The SMILES string of the molecule is CS(=O)(=O)N(Cc1cccnc1)c1ccc2c(c1)oc(=O)n2CC(=O)OC(Cc1c(Cl)c[nH+]cc1Cl)c1ccc(OC(F)F)c(OCC2CC2)c1. The van der Waals surface area contributed by atoms with Crippen molar-refractivity contribution in [3.63, 3.8) is 0 Å². The van der Waals surface area contributed by atoms with Crippen LogP contribution >= 0.6 is 23.2 Å². The van der Waals surface area contributed by atoms with Crippen molar-refractivity contribution in [3.05, 3.63) is 111 Å². The number of sulfonamides is 1. The first-order valence-electron chi connectivity index (χ1n) is 15.6. The predicted molar refractivity (Wildman–Crippen MR) is 183 cm³/mol. The summed E-state index contributed by atoms with van der Waals surface area (Å²) in [5.41, 5.74) is 1.90. The van der Waals surface area contributed by atoms with Crippen LogP contribution < -0.4 is 24.5 Å². The lowest BCUT2D eigenvalue weighted by atomic mass is 10.0. The molecule has 3 heterocycles. The highest BCUT2D eigenvalue weighted by molar-refractivity contribution is 7.92. The number of pyridine rings is 2. The van der Waals surface area contributed by atoms with Gasteiger partial charge in [-0.05, 0) is 60.2 Å². The smallest absolute Gasteiger partial charge is 0.420 e. The summed E-state index contributed by atoms with van der Waals surface area (Å²) in [6.07, 6.45) is 7.97. The number of esters is 1. The molecule has 0 bridgehead atoms. The van der Waals surface area contributed by atoms with Crippen LogP contribution in [-0.4, -0.2) is 43.4 Å². The highest BCUT2D eigenvalue weighted by Crippen LogP contribution is 2.38. The largest absolute Gasteiger partial charge is 0.489 e. The molecule has 51 heavy (non-hydrogen) atoms. The average Bonchev–Trinajstić information content (AvgIpc) is 3.86. The number of nitrogens with one attached hydrogen (secondary N) is 1. The van der Waals surface area contributed by atoms with Gasteiger partial charge in [0, 0.05) is 30.4 Å². The summed E-state index contributed by atoms with van der Waals surface area (Å²) < 4.78 is 75.8. The van der Waals surface area contributed by atoms with Gasteiger partial charge in [0.1, 0.15) is 22.7 Å². The van der Waals surface area contributed by atoms with Crippen LogP contribution in [0.4, 0.5) is 14.5 Å². The maximum absolute atomic E-state index is 13.5. The Balaban J connectivity index is 1.29. The number of benzene rings is 2. The second kappa shape index (κ2) is 15.3. The molecule has 1 saturated carbocycles. The number of aromatic amines is 1. The van der Waals surface area contributed by atoms with Gasteiger partial charge in [0.05, 0.1) is 30.6 Å². The molecule has 0 spiro atoms. The Kier molecular flexibility index (Phi) is 10.8. The van der Waals surface area contributed by atoms with Crippen molar-refractivity contribution in [3.8, 4) is 11.5 Å². The van der Waals surface area contributed by atoms with Gasteiger partial charge in [-0.1, -0.05) is 35.3 Å². The molecule has 0 amide bonds. The first kappa shape index (κ1) is 36.1. The van der Waals surface area contributed by atoms with E-state index in [1.807, 2.05) is 0 Å². The summed E-state index contributed by atoms with van der Waals surface area (Å²) in [6, 6.07) is 12.0. The third-order valence-electron chi connectivity index (χ3n) is 8.06. The van der Waals surface area contributed by atoms with Crippen molar-refractivity contribution < 1.29 is 45.6 Å². The maximum Gasteiger partial charge on any atom is 0.420 e. The number of rotatable bonds is 15. The number of fused-ring (bicyclic) bond motifs is 1. The number of carbonyl (C=O) groups is 1. The fourth-order valence-corrected chi connectivity index (χ4v) is 6.76. The van der Waals surface area contributed by atoms with Gasteiger partial charge in [0.15, 0.2) is 29.5 Å². The van der Waals surface area contributed by atoms with E-state index in [0.717, 1.165) is 28.0 Å². The molecule has 1 aliphatic rings. The number of H-pyrrole nitrogens is 1. The summed E-state index contributed by atoms with van der Waals surface area (Å²) in [5.74, 6) is -1.59. The second-order valence-corrected chi connectivity index (χ2v) is 14.6. The van der Waals surface area contributed by atoms with Crippen LogP contribution in [0.5, 0.6) is 11.5 Å². The molecule has 3 aromatic heterocycles. The van der Waals surface area contributed by atoms with Gasteiger partial charge in [-0.2, -0.15) is 8.78 Å². The van der Waals surface area contributed by atoms with Crippen molar-refractivity contribution in [1.82, 2.24) is 9.55 Å². The van der Waals surface area contributed by atoms with Gasteiger partial charge in [0.25, 0.3) is 0 Å². The van der Waals surface area contributed by atoms with Gasteiger partial charge in [-0.25, -0.2) is 18.2 Å². The Morgan fingerprint density at radius 3 is 2.55 bits per heavy atom. The number of halogens is 4. The first-order valence-corrected chi connectivity index (χ1v) is 18.2. The number of carbonyl (C=O) groups excluding carboxylic acids is 1. The number of oxazole rings is 1. The Hall–Kier alpha value is -4.73. The molecule has 17 heteroatoms. The van der Waals surface area contributed by atoms with Crippen LogP contribution in [0.25, 0.3) is 11.1 Å². The lowest BCUT2D eigenvalue weighted by molar-refractivity contribution is -0.377. The summed E-state index contributed by atoms with van der Waals surface area (Å²) in [4.78, 5) is 33.4. The van der Waals surface area contributed by atoms with Gasteiger partial charge in [-0.15, -0.1) is 0 Å². The Morgan fingerprint density at radius 1 is 1.12 bits per heavy atom. The molecular weight excluding hydrogens is 733 g/mol. The number of hydrogen-bond acceptors (Lipinski definition) is 9. The normalized spacial score (nSPS) is 13.7. The molecule has 1 fully saturated rings. The van der Waals surface area contributed by atoms with E-state index in [1.165, 1.54) is 55.0 Å². The average molecular weight is 765 g/mol. The molecule has 2 aromatic carbocycles. The molecule has 268 valence electrons. The topological polar surface area (TPSA) is 144 Å². The zero-order chi connectivity index (χ0) is 36.3. The van der Waals surface area contributed by atoms with Crippen molar-refractivity contribution >= 4 is 56.0 Å². The highest BCUT2D eigenvalue weighted by atomic mass is 35.5. The summed E-state index contributed by atoms with van der Waals surface area (Å²) in [7, 11) is -3.77. The Bertz CT molecular complexity index is 2200. The van der Waals surface area contributed by atoms with E-state index in [9.17, 15) is 26.8 Å². The molecule has 5 aromatic rings. The maximum atomic E-state index is 13.5. The molecule has 0 aliphatic heterocycles. The van der Waals surface area contributed by atoms with Gasteiger partial charge >= 0.3 is 18.3 Å². The molecule has 1 unspecified atom stereocenters. The van der Waals surface area contributed by atoms with Crippen LogP contribution in [-0.2, 0) is 39.1 Å². The molecule has 1 N–H and O–H groups in total. The van der Waals surface area contributed by atoms with E-state index >= 15 is 0 Å². The van der Waals surface area contributed by atoms with Crippen LogP contribution in [0.3, 0.4) is 0 Å². The quantitative estimate of drug-likeness (QED) is 0.117. The van der Waals surface area contributed by atoms with Crippen LogP contribution in [0.1, 0.15) is 35.6 Å². The molecule has 1 aliphatic carbocycles. The van der Waals surface area contributed by atoms with E-state index in [4.69, 9.17) is 37.1 Å². The minimum atomic E-state index is -3.77. The number of hydrogen-bond donors (Lipinski definition) is 0. The van der Waals surface area contributed by atoms with Gasteiger partial charge in [-0.3, -0.25) is 18.7 Å². The zero-order valence-electron chi connectivity index (χ0n) is 26.9. The van der Waals surface area contributed by atoms with E-state index in [-0.39, 0.29) is 51.3 Å². The summed E-state index contributed by atoms with van der Waals surface area (Å²) in [6.45, 7) is -3.41. The number of nitrogens with zero attached hydrogens (tertiary/aromatic N) is 3. The lowest BCUT2D eigenvalue weighted by Gasteiger charge is -2.22. The third kappa shape index (κ3) is 8.96. The minimum absolute atomic E-state index is 0.0209. The standard InChI is InChI=1S/C34H30Cl2F2N4O8S/c1-51(45,46)42(17-21-3-2-10-39-14-21)23-7-8-27-30(12-23)50-34(44)41(27)18-32(43)48-29(13-24-25(35)15-40-16-26(24)36)22-6-9-28(49-33(37)38)31(11-22)47-19-20-4-5-20/h2-3,6-12,14-16,20,29,33H,4-5,13,17-19H2,1H3/p+1. The Morgan fingerprint density at radius 2 is 1.88 bits per heavy atom. The van der Waals surface area contributed by atoms with E-state index in [2.05, 4.69) is 14.7 Å². The van der Waals surface area contributed by atoms with Crippen LogP contribution in [0.2, 0.25) is 10.0 Å². The molecule has 12 nitrogen and oxygen atoms in total.